The van der Waals surface area contributed by atoms with Gasteiger partial charge in [-0.25, -0.2) is 0 Å². The van der Waals surface area contributed by atoms with Crippen molar-refractivity contribution in [3.8, 4) is 0 Å². The number of nitrogen functional groups attached to an aromatic ring is 1. The first-order chi connectivity index (χ1) is 9.52. The summed E-state index contributed by atoms with van der Waals surface area (Å²) in [6.07, 6.45) is 2.87. The van der Waals surface area contributed by atoms with E-state index >= 15 is 0 Å². The van der Waals surface area contributed by atoms with E-state index in [2.05, 4.69) is 5.32 Å². The lowest BCUT2D eigenvalue weighted by molar-refractivity contribution is 0.102. The van der Waals surface area contributed by atoms with E-state index in [-0.39, 0.29) is 5.78 Å². The minimum atomic E-state index is 0.0147. The van der Waals surface area contributed by atoms with Crippen LogP contribution < -0.4 is 11.1 Å². The Bertz CT molecular complexity index is 621. The summed E-state index contributed by atoms with van der Waals surface area (Å²) in [4.78, 5) is 14.4. The average molecular weight is 347 g/mol. The monoisotopic (exact) mass is 346 g/mol. The van der Waals surface area contributed by atoms with E-state index in [9.17, 15) is 4.79 Å². The molecule has 0 spiro atoms. The number of nitrogens with one attached hydrogen (secondary N) is 1. The molecule has 2 aromatic heterocycles. The number of ketones is 1. The number of hydrogen-bond donors (Lipinski definition) is 2. The van der Waals surface area contributed by atoms with Crippen molar-refractivity contribution in [3.05, 3.63) is 26.2 Å². The third kappa shape index (κ3) is 3.49. The third-order valence-corrected chi connectivity index (χ3v) is 6.23. The topological polar surface area (TPSA) is 55.1 Å². The maximum absolute atomic E-state index is 11.5. The van der Waals surface area contributed by atoms with E-state index in [1.54, 1.807) is 30.0 Å². The van der Waals surface area contributed by atoms with E-state index in [4.69, 9.17) is 17.3 Å². The lowest BCUT2D eigenvalue weighted by atomic mass is 10.3. The number of rotatable bonds is 6. The average Bonchev–Trinajstić information content (AvgIpc) is 2.94. The molecule has 3 nitrogen and oxygen atoms in total. The summed E-state index contributed by atoms with van der Waals surface area (Å²) < 4.78 is 0.809. The zero-order chi connectivity index (χ0) is 14.7. The van der Waals surface area contributed by atoms with Crippen molar-refractivity contribution in [1.29, 1.82) is 0 Å². The normalized spacial score (nSPS) is 10.8. The Morgan fingerprint density at radius 2 is 2.20 bits per heavy atom. The zero-order valence-electron chi connectivity index (χ0n) is 11.2. The molecule has 0 aliphatic carbocycles. The SMILES string of the molecule is CSc1c(NCCc2ccc(Cl)s2)sc(C(C)=O)c1N. The smallest absolute Gasteiger partial charge is 0.171 e. The molecule has 0 atom stereocenters. The lowest BCUT2D eigenvalue weighted by Crippen LogP contribution is -2.03. The Labute approximate surface area is 135 Å². The second-order valence-corrected chi connectivity index (χ2v) is 7.78. The van der Waals surface area contributed by atoms with Crippen LogP contribution in [0.15, 0.2) is 17.0 Å². The van der Waals surface area contributed by atoms with Gasteiger partial charge in [0.2, 0.25) is 0 Å². The minimum absolute atomic E-state index is 0.0147. The molecule has 3 N–H and O–H groups in total. The largest absolute Gasteiger partial charge is 0.396 e. The summed E-state index contributed by atoms with van der Waals surface area (Å²) >= 11 is 10.5. The van der Waals surface area contributed by atoms with Gasteiger partial charge in [-0.2, -0.15) is 0 Å². The van der Waals surface area contributed by atoms with Crippen LogP contribution in [0.25, 0.3) is 0 Å². The Balaban J connectivity index is 2.05. The number of carbonyl (C=O) groups excluding carboxylic acids is 1. The Morgan fingerprint density at radius 1 is 1.45 bits per heavy atom. The van der Waals surface area contributed by atoms with Gasteiger partial charge in [-0.1, -0.05) is 11.6 Å². The van der Waals surface area contributed by atoms with Gasteiger partial charge in [0.1, 0.15) is 5.00 Å². The number of anilines is 2. The summed E-state index contributed by atoms with van der Waals surface area (Å²) in [6.45, 7) is 2.34. The third-order valence-electron chi connectivity index (χ3n) is 2.71. The van der Waals surface area contributed by atoms with Gasteiger partial charge in [0.25, 0.3) is 0 Å². The number of halogens is 1. The molecule has 0 unspecified atom stereocenters. The molecule has 2 heterocycles. The van der Waals surface area contributed by atoms with Gasteiger partial charge < -0.3 is 11.1 Å². The predicted molar refractivity (Wildman–Crippen MR) is 92.0 cm³/mol. The quantitative estimate of drug-likeness (QED) is 0.591. The summed E-state index contributed by atoms with van der Waals surface area (Å²) in [7, 11) is 0. The Hall–Kier alpha value is -0.690. The van der Waals surface area contributed by atoms with Crippen molar-refractivity contribution in [2.75, 3.05) is 23.9 Å². The standard InChI is InChI=1S/C13H15ClN2OS3/c1-7(17)11-10(15)12(18-2)13(20-11)16-6-5-8-3-4-9(14)19-8/h3-4,16H,5-6,15H2,1-2H3. The molecule has 0 fully saturated rings. The number of Topliss-reactive ketones (excluding diaryl/α,β-unsaturated/α-hetero) is 1. The van der Waals surface area contributed by atoms with Crippen molar-refractivity contribution in [2.45, 2.75) is 18.2 Å². The Kier molecular flexibility index (Phi) is 5.37. The van der Waals surface area contributed by atoms with Gasteiger partial charge in [-0.15, -0.1) is 34.4 Å². The maximum atomic E-state index is 11.5. The van der Waals surface area contributed by atoms with Crippen molar-refractivity contribution >= 4 is 62.5 Å². The highest BCUT2D eigenvalue weighted by molar-refractivity contribution is 7.99. The van der Waals surface area contributed by atoms with Gasteiger partial charge in [-0.05, 0) is 24.8 Å². The molecule has 2 rings (SSSR count). The lowest BCUT2D eigenvalue weighted by Gasteiger charge is -2.05. The first-order valence-electron chi connectivity index (χ1n) is 5.98. The number of thioether (sulfide) groups is 1. The van der Waals surface area contributed by atoms with E-state index in [1.807, 2.05) is 18.4 Å². The van der Waals surface area contributed by atoms with Crippen LogP contribution in [0.5, 0.6) is 0 Å². The molecule has 0 radical (unpaired) electrons. The van der Waals surface area contributed by atoms with Crippen molar-refractivity contribution in [3.63, 3.8) is 0 Å². The van der Waals surface area contributed by atoms with Gasteiger partial charge in [0, 0.05) is 18.3 Å². The molecule has 0 aromatic carbocycles. The summed E-state index contributed by atoms with van der Waals surface area (Å²) in [6, 6.07) is 3.94. The van der Waals surface area contributed by atoms with Gasteiger partial charge >= 0.3 is 0 Å². The van der Waals surface area contributed by atoms with Crippen LogP contribution in [-0.2, 0) is 6.42 Å². The van der Waals surface area contributed by atoms with Crippen LogP contribution in [0.3, 0.4) is 0 Å². The zero-order valence-corrected chi connectivity index (χ0v) is 14.4. The molecule has 20 heavy (non-hydrogen) atoms. The summed E-state index contributed by atoms with van der Waals surface area (Å²) in [5.41, 5.74) is 6.61. The molecule has 2 aromatic rings. The molecule has 108 valence electrons. The fraction of sp³-hybridized carbons (Fsp3) is 0.308. The predicted octanol–water partition coefficient (Wildman–Crippen LogP) is 4.62. The summed E-state index contributed by atoms with van der Waals surface area (Å²) in [5, 5.41) is 4.34. The number of nitrogens with two attached hydrogens (primary N) is 1. The van der Waals surface area contributed by atoms with E-state index in [0.717, 1.165) is 27.2 Å². The van der Waals surface area contributed by atoms with E-state index in [0.29, 0.717) is 10.6 Å². The first kappa shape index (κ1) is 15.7. The molecule has 7 heteroatoms. The number of thiophene rings is 2. The van der Waals surface area contributed by atoms with Crippen LogP contribution in [0.1, 0.15) is 21.5 Å². The highest BCUT2D eigenvalue weighted by Crippen LogP contribution is 2.41. The molecule has 0 amide bonds. The molecule has 0 saturated heterocycles. The fourth-order valence-electron chi connectivity index (χ4n) is 1.79. The molecular formula is C13H15ClN2OS3. The van der Waals surface area contributed by atoms with E-state index in [1.165, 1.54) is 16.2 Å². The van der Waals surface area contributed by atoms with Gasteiger partial charge in [0.05, 0.1) is 19.8 Å². The summed E-state index contributed by atoms with van der Waals surface area (Å²) in [5.74, 6) is 0.0147. The van der Waals surface area contributed by atoms with Crippen molar-refractivity contribution in [2.24, 2.45) is 0 Å². The molecule has 0 aliphatic rings. The number of hydrogen-bond acceptors (Lipinski definition) is 6. The van der Waals surface area contributed by atoms with Crippen molar-refractivity contribution in [1.82, 2.24) is 0 Å². The molecular weight excluding hydrogens is 332 g/mol. The fourth-order valence-corrected chi connectivity index (χ4v) is 4.84. The highest BCUT2D eigenvalue weighted by Gasteiger charge is 2.17. The van der Waals surface area contributed by atoms with E-state index < -0.39 is 0 Å². The van der Waals surface area contributed by atoms with Crippen LogP contribution in [0, 0.1) is 0 Å². The van der Waals surface area contributed by atoms with Crippen LogP contribution in [0.4, 0.5) is 10.7 Å². The maximum Gasteiger partial charge on any atom is 0.171 e. The van der Waals surface area contributed by atoms with Crippen LogP contribution in [-0.4, -0.2) is 18.6 Å². The second-order valence-electron chi connectivity index (χ2n) is 4.15. The van der Waals surface area contributed by atoms with Crippen LogP contribution >= 0.6 is 46.0 Å². The van der Waals surface area contributed by atoms with Crippen LogP contribution in [0.2, 0.25) is 4.34 Å². The molecule has 0 saturated carbocycles. The number of carbonyl (C=O) groups is 1. The van der Waals surface area contributed by atoms with Crippen molar-refractivity contribution < 1.29 is 4.79 Å². The second kappa shape index (κ2) is 6.85. The molecule has 0 bridgehead atoms. The van der Waals surface area contributed by atoms with Gasteiger partial charge in [-0.3, -0.25) is 4.79 Å². The van der Waals surface area contributed by atoms with Gasteiger partial charge in [0.15, 0.2) is 5.78 Å². The first-order valence-corrected chi connectivity index (χ1v) is 9.21. The minimum Gasteiger partial charge on any atom is -0.396 e. The molecule has 0 aliphatic heterocycles. The Morgan fingerprint density at radius 3 is 2.75 bits per heavy atom. The highest BCUT2D eigenvalue weighted by atomic mass is 35.5.